The largest absolute Gasteiger partial charge is 0.379 e. The Balaban J connectivity index is 2.12. The Labute approximate surface area is 102 Å². The highest BCUT2D eigenvalue weighted by Gasteiger charge is 2.47. The quantitative estimate of drug-likeness (QED) is 0.739. The van der Waals surface area contributed by atoms with Gasteiger partial charge in [-0.3, -0.25) is 4.79 Å². The molecule has 0 saturated carbocycles. The van der Waals surface area contributed by atoms with Crippen molar-refractivity contribution >= 4 is 5.91 Å². The van der Waals surface area contributed by atoms with Crippen molar-refractivity contribution in [3.05, 3.63) is 0 Å². The van der Waals surface area contributed by atoms with E-state index >= 15 is 0 Å². The first-order chi connectivity index (χ1) is 8.09. The summed E-state index contributed by atoms with van der Waals surface area (Å²) >= 11 is 0. The normalized spacial score (nSPS) is 38.4. The Hall–Kier alpha value is -0.650. The van der Waals surface area contributed by atoms with Gasteiger partial charge in [-0.2, -0.15) is 0 Å². The predicted molar refractivity (Wildman–Crippen MR) is 63.5 cm³/mol. The zero-order chi connectivity index (χ0) is 12.5. The molecule has 0 aromatic rings. The molecule has 0 aromatic carbocycles. The SMILES string of the molecule is CCC1COCCN1C(=O)C1(C)COCC1N. The second-order valence-electron chi connectivity index (χ2n) is 5.17. The zero-order valence-electron chi connectivity index (χ0n) is 10.6. The van der Waals surface area contributed by atoms with Gasteiger partial charge in [0.2, 0.25) is 5.91 Å². The van der Waals surface area contributed by atoms with Crippen molar-refractivity contribution in [2.24, 2.45) is 11.1 Å². The molecule has 2 aliphatic heterocycles. The summed E-state index contributed by atoms with van der Waals surface area (Å²) < 4.78 is 10.8. The summed E-state index contributed by atoms with van der Waals surface area (Å²) in [5.74, 6) is 0.123. The molecule has 17 heavy (non-hydrogen) atoms. The number of carbonyl (C=O) groups is 1. The van der Waals surface area contributed by atoms with Gasteiger partial charge in [-0.1, -0.05) is 6.92 Å². The third-order valence-corrected chi connectivity index (χ3v) is 3.97. The van der Waals surface area contributed by atoms with Gasteiger partial charge in [-0.15, -0.1) is 0 Å². The fraction of sp³-hybridized carbons (Fsp3) is 0.917. The summed E-state index contributed by atoms with van der Waals surface area (Å²) in [5, 5.41) is 0. The maximum atomic E-state index is 12.6. The zero-order valence-corrected chi connectivity index (χ0v) is 10.6. The lowest BCUT2D eigenvalue weighted by molar-refractivity contribution is -0.150. The predicted octanol–water partition coefficient (Wildman–Crippen LogP) is -0.0124. The fourth-order valence-corrected chi connectivity index (χ4v) is 2.50. The van der Waals surface area contributed by atoms with Crippen LogP contribution in [-0.2, 0) is 14.3 Å². The summed E-state index contributed by atoms with van der Waals surface area (Å²) in [7, 11) is 0. The van der Waals surface area contributed by atoms with Crippen LogP contribution in [0.25, 0.3) is 0 Å². The smallest absolute Gasteiger partial charge is 0.232 e. The first kappa shape index (κ1) is 12.8. The maximum Gasteiger partial charge on any atom is 0.232 e. The van der Waals surface area contributed by atoms with E-state index in [4.69, 9.17) is 15.2 Å². The van der Waals surface area contributed by atoms with E-state index in [9.17, 15) is 4.79 Å². The molecule has 0 radical (unpaired) electrons. The van der Waals surface area contributed by atoms with E-state index in [0.29, 0.717) is 33.0 Å². The van der Waals surface area contributed by atoms with Crippen LogP contribution in [0, 0.1) is 5.41 Å². The van der Waals surface area contributed by atoms with Crippen LogP contribution in [0.15, 0.2) is 0 Å². The van der Waals surface area contributed by atoms with Crippen molar-refractivity contribution in [2.75, 3.05) is 33.0 Å². The molecule has 3 unspecified atom stereocenters. The molecule has 0 aromatic heterocycles. The number of hydrogen-bond acceptors (Lipinski definition) is 4. The van der Waals surface area contributed by atoms with Crippen LogP contribution in [0.5, 0.6) is 0 Å². The molecule has 2 N–H and O–H groups in total. The average Bonchev–Trinajstić information content (AvgIpc) is 2.70. The monoisotopic (exact) mass is 242 g/mol. The van der Waals surface area contributed by atoms with Crippen molar-refractivity contribution in [3.63, 3.8) is 0 Å². The van der Waals surface area contributed by atoms with Gasteiger partial charge in [0.05, 0.1) is 37.9 Å². The number of carbonyl (C=O) groups excluding carboxylic acids is 1. The lowest BCUT2D eigenvalue weighted by atomic mass is 9.83. The lowest BCUT2D eigenvalue weighted by Crippen LogP contribution is -2.57. The summed E-state index contributed by atoms with van der Waals surface area (Å²) in [5.41, 5.74) is 5.44. The number of nitrogens with zero attached hydrogens (tertiary/aromatic N) is 1. The van der Waals surface area contributed by atoms with Crippen LogP contribution in [0.1, 0.15) is 20.3 Å². The van der Waals surface area contributed by atoms with E-state index in [1.807, 2.05) is 11.8 Å². The number of rotatable bonds is 2. The molecule has 2 heterocycles. The average molecular weight is 242 g/mol. The molecule has 0 bridgehead atoms. The van der Waals surface area contributed by atoms with Crippen LogP contribution >= 0.6 is 0 Å². The van der Waals surface area contributed by atoms with Crippen molar-refractivity contribution in [3.8, 4) is 0 Å². The number of ether oxygens (including phenoxy) is 2. The number of nitrogens with two attached hydrogens (primary N) is 1. The Morgan fingerprint density at radius 2 is 2.24 bits per heavy atom. The Kier molecular flexibility index (Phi) is 3.70. The molecule has 0 spiro atoms. The van der Waals surface area contributed by atoms with E-state index < -0.39 is 5.41 Å². The van der Waals surface area contributed by atoms with Gasteiger partial charge in [0.1, 0.15) is 0 Å². The van der Waals surface area contributed by atoms with E-state index in [1.54, 1.807) is 0 Å². The molecule has 5 nitrogen and oxygen atoms in total. The second kappa shape index (κ2) is 4.92. The molecular weight excluding hydrogens is 220 g/mol. The van der Waals surface area contributed by atoms with Gasteiger partial charge < -0.3 is 20.1 Å². The summed E-state index contributed by atoms with van der Waals surface area (Å²) in [6.07, 6.45) is 0.915. The van der Waals surface area contributed by atoms with Crippen LogP contribution in [0.4, 0.5) is 0 Å². The molecule has 1 amide bonds. The van der Waals surface area contributed by atoms with Crippen LogP contribution < -0.4 is 5.73 Å². The first-order valence-electron chi connectivity index (χ1n) is 6.31. The Bertz CT molecular complexity index is 297. The Morgan fingerprint density at radius 1 is 1.47 bits per heavy atom. The highest BCUT2D eigenvalue weighted by molar-refractivity contribution is 5.84. The van der Waals surface area contributed by atoms with Crippen LogP contribution in [-0.4, -0.2) is 55.9 Å². The molecule has 0 aliphatic carbocycles. The molecule has 2 rings (SSSR count). The van der Waals surface area contributed by atoms with Crippen LogP contribution in [0.2, 0.25) is 0 Å². The Morgan fingerprint density at radius 3 is 2.82 bits per heavy atom. The van der Waals surface area contributed by atoms with E-state index in [2.05, 4.69) is 6.92 Å². The fourth-order valence-electron chi connectivity index (χ4n) is 2.50. The third-order valence-electron chi connectivity index (χ3n) is 3.97. The minimum atomic E-state index is -0.565. The van der Waals surface area contributed by atoms with Crippen molar-refractivity contribution in [1.82, 2.24) is 4.90 Å². The molecule has 5 heteroatoms. The number of morpholine rings is 1. The minimum Gasteiger partial charge on any atom is -0.379 e. The molecule has 98 valence electrons. The highest BCUT2D eigenvalue weighted by Crippen LogP contribution is 2.31. The van der Waals surface area contributed by atoms with Crippen molar-refractivity contribution in [1.29, 1.82) is 0 Å². The van der Waals surface area contributed by atoms with Gasteiger partial charge in [0, 0.05) is 12.6 Å². The maximum absolute atomic E-state index is 12.6. The topological polar surface area (TPSA) is 64.8 Å². The molecule has 3 atom stereocenters. The van der Waals surface area contributed by atoms with Gasteiger partial charge in [0.25, 0.3) is 0 Å². The minimum absolute atomic E-state index is 0.123. The molecular formula is C12H22N2O3. The van der Waals surface area contributed by atoms with Gasteiger partial charge in [-0.25, -0.2) is 0 Å². The third kappa shape index (κ3) is 2.19. The van der Waals surface area contributed by atoms with Crippen LogP contribution in [0.3, 0.4) is 0 Å². The molecule has 2 saturated heterocycles. The van der Waals surface area contributed by atoms with Gasteiger partial charge >= 0.3 is 0 Å². The standard InChI is InChI=1S/C12H22N2O3/c1-3-9-6-16-5-4-14(9)11(15)12(2)8-17-7-10(12)13/h9-10H,3-8,13H2,1-2H3. The summed E-state index contributed by atoms with van der Waals surface area (Å²) in [6, 6.07) is -0.0174. The first-order valence-corrected chi connectivity index (χ1v) is 6.31. The highest BCUT2D eigenvalue weighted by atomic mass is 16.5. The summed E-state index contributed by atoms with van der Waals surface area (Å²) in [6.45, 7) is 6.81. The number of amides is 1. The van der Waals surface area contributed by atoms with Gasteiger partial charge in [0.15, 0.2) is 0 Å². The lowest BCUT2D eigenvalue weighted by Gasteiger charge is -2.40. The number of hydrogen-bond donors (Lipinski definition) is 1. The molecule has 2 fully saturated rings. The van der Waals surface area contributed by atoms with Crippen molar-refractivity contribution in [2.45, 2.75) is 32.4 Å². The van der Waals surface area contributed by atoms with Gasteiger partial charge in [-0.05, 0) is 13.3 Å². The van der Waals surface area contributed by atoms with Crippen molar-refractivity contribution < 1.29 is 14.3 Å². The summed E-state index contributed by atoms with van der Waals surface area (Å²) in [4.78, 5) is 14.5. The molecule has 2 aliphatic rings. The van der Waals surface area contributed by atoms with E-state index in [1.165, 1.54) is 0 Å². The van der Waals surface area contributed by atoms with E-state index in [-0.39, 0.29) is 18.0 Å². The second-order valence-corrected chi connectivity index (χ2v) is 5.17. The van der Waals surface area contributed by atoms with E-state index in [0.717, 1.165) is 6.42 Å².